The van der Waals surface area contributed by atoms with Crippen molar-refractivity contribution in [1.82, 2.24) is 10.1 Å². The van der Waals surface area contributed by atoms with Crippen molar-refractivity contribution in [2.24, 2.45) is 5.41 Å². The number of rotatable bonds is 2. The molecule has 2 aromatic rings. The van der Waals surface area contributed by atoms with Gasteiger partial charge >= 0.3 is 6.03 Å². The summed E-state index contributed by atoms with van der Waals surface area (Å²) in [6.45, 7) is 9.79. The summed E-state index contributed by atoms with van der Waals surface area (Å²) in [7, 11) is 0. The van der Waals surface area contributed by atoms with Crippen LogP contribution in [0.15, 0.2) is 22.7 Å². The van der Waals surface area contributed by atoms with Crippen LogP contribution in [0.4, 0.5) is 10.7 Å². The monoisotopic (exact) mass is 367 g/mol. The number of carbonyl (C=O) groups excluding carboxylic acids is 1. The fraction of sp³-hybridized carbons (Fsp3) is 0.545. The average molecular weight is 367 g/mol. The lowest BCUT2D eigenvalue weighted by molar-refractivity contribution is 0.0290. The maximum absolute atomic E-state index is 12.5. The zero-order valence-electron chi connectivity index (χ0n) is 16.8. The molecule has 1 aromatic heterocycles. The number of hydrogen-bond acceptors (Lipinski definition) is 3. The van der Waals surface area contributed by atoms with Gasteiger partial charge in [0, 0.05) is 18.7 Å². The van der Waals surface area contributed by atoms with Gasteiger partial charge in [-0.25, -0.2) is 4.79 Å². The highest BCUT2D eigenvalue weighted by atomic mass is 16.5. The van der Waals surface area contributed by atoms with Crippen LogP contribution in [0.2, 0.25) is 0 Å². The maximum atomic E-state index is 12.5. The molecule has 0 unspecified atom stereocenters. The standard InChI is InChI=1S/C22H29N3O2/c1-14-5-6-18(11-15(14)2)19-12-22(13-19)7-9-25(10-8-22)21(26)23-20-16(3)17(4)24-27-20/h5-6,11,19H,7-10,12-13H2,1-4H3,(H,23,26). The molecule has 2 fully saturated rings. The van der Waals surface area contributed by atoms with Crippen LogP contribution in [-0.4, -0.2) is 29.2 Å². The lowest BCUT2D eigenvalue weighted by Gasteiger charge is -2.52. The molecule has 1 aliphatic carbocycles. The van der Waals surface area contributed by atoms with Gasteiger partial charge in [-0.05, 0) is 81.4 Å². The molecule has 1 aromatic carbocycles. The molecule has 27 heavy (non-hydrogen) atoms. The van der Waals surface area contributed by atoms with Crippen molar-refractivity contribution in [3.8, 4) is 0 Å². The fourth-order valence-electron chi connectivity index (χ4n) is 4.54. The Bertz CT molecular complexity index is 854. The Morgan fingerprint density at radius 2 is 1.85 bits per heavy atom. The molecule has 0 atom stereocenters. The number of nitrogens with zero attached hydrogens (tertiary/aromatic N) is 2. The SMILES string of the molecule is Cc1ccc(C2CC3(CCN(C(=O)Nc4onc(C)c4C)CC3)C2)cc1C. The molecule has 0 bridgehead atoms. The predicted molar refractivity (Wildman–Crippen MR) is 106 cm³/mol. The maximum Gasteiger partial charge on any atom is 0.324 e. The van der Waals surface area contributed by atoms with E-state index in [9.17, 15) is 4.79 Å². The molecule has 5 nitrogen and oxygen atoms in total. The molecule has 4 rings (SSSR count). The van der Waals surface area contributed by atoms with E-state index in [4.69, 9.17) is 4.52 Å². The summed E-state index contributed by atoms with van der Waals surface area (Å²) >= 11 is 0. The van der Waals surface area contributed by atoms with E-state index in [1.165, 1.54) is 29.5 Å². The van der Waals surface area contributed by atoms with Crippen LogP contribution >= 0.6 is 0 Å². The van der Waals surface area contributed by atoms with E-state index in [1.807, 2.05) is 18.7 Å². The van der Waals surface area contributed by atoms with Crippen LogP contribution < -0.4 is 5.32 Å². The zero-order valence-corrected chi connectivity index (χ0v) is 16.8. The highest BCUT2D eigenvalue weighted by molar-refractivity contribution is 5.88. The van der Waals surface area contributed by atoms with E-state index in [-0.39, 0.29) is 6.03 Å². The van der Waals surface area contributed by atoms with Gasteiger partial charge in [0.15, 0.2) is 0 Å². The van der Waals surface area contributed by atoms with Gasteiger partial charge in [-0.3, -0.25) is 5.32 Å². The van der Waals surface area contributed by atoms with Crippen LogP contribution in [0.25, 0.3) is 0 Å². The third kappa shape index (κ3) is 3.35. The Balaban J connectivity index is 1.31. The zero-order chi connectivity index (χ0) is 19.2. The summed E-state index contributed by atoms with van der Waals surface area (Å²) in [6.07, 6.45) is 4.70. The molecule has 1 N–H and O–H groups in total. The Labute approximate surface area is 161 Å². The summed E-state index contributed by atoms with van der Waals surface area (Å²) in [4.78, 5) is 14.4. The van der Waals surface area contributed by atoms with E-state index < -0.39 is 0 Å². The van der Waals surface area contributed by atoms with E-state index >= 15 is 0 Å². The van der Waals surface area contributed by atoms with Crippen LogP contribution in [0, 0.1) is 33.1 Å². The van der Waals surface area contributed by atoms with Crippen molar-refractivity contribution in [3.63, 3.8) is 0 Å². The number of urea groups is 1. The van der Waals surface area contributed by atoms with Crippen LogP contribution in [-0.2, 0) is 0 Å². The summed E-state index contributed by atoms with van der Waals surface area (Å²) in [5.74, 6) is 1.15. The van der Waals surface area contributed by atoms with Crippen molar-refractivity contribution in [1.29, 1.82) is 0 Å². The molecule has 0 radical (unpaired) electrons. The second-order valence-electron chi connectivity index (χ2n) is 8.59. The van der Waals surface area contributed by atoms with Gasteiger partial charge in [0.05, 0.1) is 5.69 Å². The van der Waals surface area contributed by atoms with E-state index in [2.05, 4.69) is 42.5 Å². The Morgan fingerprint density at radius 3 is 2.44 bits per heavy atom. The molecule has 2 heterocycles. The van der Waals surface area contributed by atoms with Crippen molar-refractivity contribution >= 4 is 11.9 Å². The van der Waals surface area contributed by atoms with Crippen LogP contribution in [0.3, 0.4) is 0 Å². The Kier molecular flexibility index (Phi) is 4.49. The number of aryl methyl sites for hydroxylation is 3. The van der Waals surface area contributed by atoms with Gasteiger partial charge in [0.2, 0.25) is 5.88 Å². The lowest BCUT2D eigenvalue weighted by Crippen LogP contribution is -2.49. The molecule has 1 aliphatic heterocycles. The van der Waals surface area contributed by atoms with E-state index in [0.29, 0.717) is 17.2 Å². The summed E-state index contributed by atoms with van der Waals surface area (Å²) in [5, 5.41) is 6.77. The number of carbonyl (C=O) groups is 1. The molecule has 5 heteroatoms. The number of aromatic nitrogens is 1. The van der Waals surface area contributed by atoms with Gasteiger partial charge in [0.1, 0.15) is 0 Å². The number of likely N-dealkylation sites (tertiary alicyclic amines) is 1. The first kappa shape index (κ1) is 18.1. The Morgan fingerprint density at radius 1 is 1.15 bits per heavy atom. The third-order valence-electron chi connectivity index (χ3n) is 6.85. The quantitative estimate of drug-likeness (QED) is 0.803. The van der Waals surface area contributed by atoms with Crippen molar-refractivity contribution < 1.29 is 9.32 Å². The molecule has 2 amide bonds. The first-order valence-corrected chi connectivity index (χ1v) is 9.93. The van der Waals surface area contributed by atoms with Crippen molar-refractivity contribution in [3.05, 3.63) is 46.1 Å². The first-order chi connectivity index (χ1) is 12.9. The van der Waals surface area contributed by atoms with Crippen molar-refractivity contribution in [2.45, 2.75) is 59.3 Å². The minimum Gasteiger partial charge on any atom is -0.338 e. The van der Waals surface area contributed by atoms with E-state index in [1.54, 1.807) is 0 Å². The van der Waals surface area contributed by atoms with E-state index in [0.717, 1.165) is 37.2 Å². The molecule has 144 valence electrons. The number of hydrogen-bond donors (Lipinski definition) is 1. The van der Waals surface area contributed by atoms with Crippen molar-refractivity contribution in [2.75, 3.05) is 18.4 Å². The fourth-order valence-corrected chi connectivity index (χ4v) is 4.54. The summed E-state index contributed by atoms with van der Waals surface area (Å²) < 4.78 is 5.20. The average Bonchev–Trinajstić information content (AvgIpc) is 2.94. The van der Waals surface area contributed by atoms with Gasteiger partial charge in [-0.1, -0.05) is 23.4 Å². The Hall–Kier alpha value is -2.30. The smallest absolute Gasteiger partial charge is 0.324 e. The highest BCUT2D eigenvalue weighted by Gasteiger charge is 2.46. The van der Waals surface area contributed by atoms with Gasteiger partial charge in [-0.15, -0.1) is 0 Å². The minimum atomic E-state index is -0.0749. The van der Waals surface area contributed by atoms with Gasteiger partial charge < -0.3 is 9.42 Å². The molecule has 1 spiro atoms. The molecular formula is C22H29N3O2. The predicted octanol–water partition coefficient (Wildman–Crippen LogP) is 5.10. The summed E-state index contributed by atoms with van der Waals surface area (Å²) in [6, 6.07) is 6.83. The van der Waals surface area contributed by atoms with Gasteiger partial charge in [-0.2, -0.15) is 0 Å². The normalized spacial score (nSPS) is 19.2. The molecular weight excluding hydrogens is 338 g/mol. The van der Waals surface area contributed by atoms with Crippen LogP contribution in [0.5, 0.6) is 0 Å². The number of nitrogens with one attached hydrogen (secondary N) is 1. The third-order valence-corrected chi connectivity index (χ3v) is 6.85. The topological polar surface area (TPSA) is 58.4 Å². The minimum absolute atomic E-state index is 0.0749. The molecule has 1 saturated carbocycles. The number of benzene rings is 1. The number of amides is 2. The van der Waals surface area contributed by atoms with Gasteiger partial charge in [0.25, 0.3) is 0 Å². The first-order valence-electron chi connectivity index (χ1n) is 9.93. The second kappa shape index (κ2) is 6.70. The molecule has 1 saturated heterocycles. The summed E-state index contributed by atoms with van der Waals surface area (Å²) in [5.41, 5.74) is 6.38. The lowest BCUT2D eigenvalue weighted by atomic mass is 9.56. The highest BCUT2D eigenvalue weighted by Crippen LogP contribution is 2.56. The molecule has 2 aliphatic rings. The number of anilines is 1. The second-order valence-corrected chi connectivity index (χ2v) is 8.59. The largest absolute Gasteiger partial charge is 0.338 e. The van der Waals surface area contributed by atoms with Crippen LogP contribution in [0.1, 0.15) is 59.5 Å². The number of piperidine rings is 1.